The molecule has 0 spiro atoms. The van der Waals surface area contributed by atoms with Crippen LogP contribution >= 0.6 is 7.14 Å². The maximum atomic E-state index is 15.0. The molecule has 1 nitrogen and oxygen atoms in total. The number of hydrogen-bond donors (Lipinski definition) is 0. The van der Waals surface area contributed by atoms with E-state index in [0.29, 0.717) is 38.2 Å². The molecule has 0 saturated carbocycles. The summed E-state index contributed by atoms with van der Waals surface area (Å²) in [5.74, 6) is -0.440. The number of hydrogen-bond acceptors (Lipinski definition) is 1. The predicted octanol–water partition coefficient (Wildman–Crippen LogP) is 8.30. The lowest BCUT2D eigenvalue weighted by atomic mass is 9.95. The summed E-state index contributed by atoms with van der Waals surface area (Å²) >= 11 is 0. The first-order valence-electron chi connectivity index (χ1n) is 11.2. The molecule has 0 atom stereocenters. The summed E-state index contributed by atoms with van der Waals surface area (Å²) in [7, 11) is -3.49. The van der Waals surface area contributed by atoms with Crippen LogP contribution in [0.3, 0.4) is 0 Å². The predicted molar refractivity (Wildman–Crippen MR) is 139 cm³/mol. The van der Waals surface area contributed by atoms with Crippen LogP contribution in [0.1, 0.15) is 23.6 Å². The quantitative estimate of drug-likeness (QED) is 0.111. The number of alkyl halides is 3. The van der Waals surface area contributed by atoms with Crippen LogP contribution in [0, 0.1) is 5.82 Å². The van der Waals surface area contributed by atoms with Gasteiger partial charge in [-0.2, -0.15) is 13.2 Å². The summed E-state index contributed by atoms with van der Waals surface area (Å²) < 4.78 is 68.2. The van der Waals surface area contributed by atoms with Crippen LogP contribution in [0.25, 0.3) is 11.1 Å². The average Bonchev–Trinajstić information content (AvgIpc) is 2.90. The molecule has 0 heterocycles. The lowest BCUT2D eigenvalue weighted by molar-refractivity contribution is -0.137. The molecule has 36 heavy (non-hydrogen) atoms. The summed E-state index contributed by atoms with van der Waals surface area (Å²) in [5.41, 5.74) is 1.38. The molecule has 0 fully saturated rings. The Morgan fingerprint density at radius 3 is 1.58 bits per heavy atom. The smallest absolute Gasteiger partial charge is 0.309 e. The van der Waals surface area contributed by atoms with Crippen LogP contribution in [0.2, 0.25) is 0 Å². The highest BCUT2D eigenvalue weighted by Gasteiger charge is 2.34. The van der Waals surface area contributed by atoms with Crippen molar-refractivity contribution < 1.29 is 22.1 Å². The second-order valence-electron chi connectivity index (χ2n) is 8.31. The molecule has 0 aliphatic carbocycles. The topological polar surface area (TPSA) is 17.1 Å². The largest absolute Gasteiger partial charge is 0.416 e. The molecule has 6 heteroatoms. The summed E-state index contributed by atoms with van der Waals surface area (Å²) in [6, 6.07) is 28.4. The van der Waals surface area contributed by atoms with Gasteiger partial charge in [0.2, 0.25) is 0 Å². The number of halogens is 4. The zero-order chi connectivity index (χ0) is 25.9. The molecular formula is C30H23F4OP. The minimum atomic E-state index is -4.46. The van der Waals surface area contributed by atoms with E-state index in [2.05, 4.69) is 6.58 Å². The zero-order valence-corrected chi connectivity index (χ0v) is 20.4. The molecule has 4 rings (SSSR count). The first-order chi connectivity index (χ1) is 17.1. The highest BCUT2D eigenvalue weighted by atomic mass is 31.2. The van der Waals surface area contributed by atoms with Crippen molar-refractivity contribution in [2.45, 2.75) is 13.1 Å². The van der Waals surface area contributed by atoms with E-state index in [1.54, 1.807) is 67.6 Å². The van der Waals surface area contributed by atoms with E-state index in [4.69, 9.17) is 0 Å². The molecule has 4 aromatic carbocycles. The number of allylic oxidation sites excluding steroid dienone is 3. The van der Waals surface area contributed by atoms with Crippen molar-refractivity contribution in [1.29, 1.82) is 0 Å². The van der Waals surface area contributed by atoms with Crippen molar-refractivity contribution >= 4 is 28.9 Å². The van der Waals surface area contributed by atoms with E-state index in [0.717, 1.165) is 12.1 Å². The molecule has 0 N–H and O–H groups in total. The second-order valence-corrected chi connectivity index (χ2v) is 11.1. The summed E-state index contributed by atoms with van der Waals surface area (Å²) in [6.45, 7) is 6.03. The first-order valence-corrected chi connectivity index (χ1v) is 12.9. The van der Waals surface area contributed by atoms with Gasteiger partial charge in [0.25, 0.3) is 0 Å². The second kappa shape index (κ2) is 10.1. The summed E-state index contributed by atoms with van der Waals surface area (Å²) in [6.07, 6.45) is -4.46. The minimum Gasteiger partial charge on any atom is -0.309 e. The Morgan fingerprint density at radius 2 is 1.14 bits per heavy atom. The van der Waals surface area contributed by atoms with Gasteiger partial charge in [-0.1, -0.05) is 91.5 Å². The van der Waals surface area contributed by atoms with E-state index < -0.39 is 24.7 Å². The fourth-order valence-corrected chi connectivity index (χ4v) is 6.88. The molecule has 0 unspecified atom stereocenters. The summed E-state index contributed by atoms with van der Waals surface area (Å²) in [4.78, 5) is 0. The monoisotopic (exact) mass is 506 g/mol. The Hall–Kier alpha value is -3.69. The molecule has 0 aromatic heterocycles. The van der Waals surface area contributed by atoms with Crippen molar-refractivity contribution in [2.75, 3.05) is 0 Å². The molecular weight excluding hydrogens is 483 g/mol. The normalized spacial score (nSPS) is 12.7. The fourth-order valence-electron chi connectivity index (χ4n) is 4.16. The van der Waals surface area contributed by atoms with E-state index in [1.165, 1.54) is 24.3 Å². The third kappa shape index (κ3) is 4.98. The van der Waals surface area contributed by atoms with Crippen molar-refractivity contribution in [2.24, 2.45) is 0 Å². The molecule has 0 radical (unpaired) electrons. The molecule has 0 bridgehead atoms. The Balaban J connectivity index is 1.97. The Bertz CT molecular complexity index is 1390. The highest BCUT2D eigenvalue weighted by molar-refractivity contribution is 7.83. The molecule has 0 aliphatic heterocycles. The van der Waals surface area contributed by atoms with Gasteiger partial charge in [-0.25, -0.2) is 4.39 Å². The van der Waals surface area contributed by atoms with Crippen molar-refractivity contribution in [3.8, 4) is 0 Å². The van der Waals surface area contributed by atoms with Gasteiger partial charge in [0.05, 0.1) is 5.56 Å². The molecule has 0 saturated heterocycles. The molecule has 4 aromatic rings. The van der Waals surface area contributed by atoms with Gasteiger partial charge in [0.1, 0.15) is 5.82 Å². The van der Waals surface area contributed by atoms with Gasteiger partial charge in [-0.05, 0) is 53.5 Å². The van der Waals surface area contributed by atoms with Crippen molar-refractivity contribution in [3.63, 3.8) is 0 Å². The third-order valence-electron chi connectivity index (χ3n) is 6.06. The van der Waals surface area contributed by atoms with E-state index in [1.807, 2.05) is 12.1 Å². The van der Waals surface area contributed by atoms with E-state index >= 15 is 0 Å². The van der Waals surface area contributed by atoms with Gasteiger partial charge < -0.3 is 4.57 Å². The number of benzene rings is 4. The third-order valence-corrected chi connectivity index (χ3v) is 9.10. The van der Waals surface area contributed by atoms with Crippen LogP contribution in [0.5, 0.6) is 0 Å². The van der Waals surface area contributed by atoms with Gasteiger partial charge in [0, 0.05) is 15.9 Å². The Labute approximate surface area is 207 Å². The molecule has 0 aliphatic rings. The molecule has 0 amide bonds. The average molecular weight is 506 g/mol. The van der Waals surface area contributed by atoms with Gasteiger partial charge in [0.15, 0.2) is 7.14 Å². The maximum Gasteiger partial charge on any atom is 0.416 e. The molecule has 182 valence electrons. The Morgan fingerprint density at radius 1 is 0.694 bits per heavy atom. The fraction of sp³-hybridized carbons (Fsp3) is 0.0667. The van der Waals surface area contributed by atoms with Gasteiger partial charge >= 0.3 is 6.18 Å². The van der Waals surface area contributed by atoms with Gasteiger partial charge in [-0.15, -0.1) is 0 Å². The number of rotatable bonds is 6. The zero-order valence-electron chi connectivity index (χ0n) is 19.5. The first kappa shape index (κ1) is 25.4. The van der Waals surface area contributed by atoms with Crippen LogP contribution in [0.4, 0.5) is 17.6 Å². The van der Waals surface area contributed by atoms with E-state index in [9.17, 15) is 22.1 Å². The van der Waals surface area contributed by atoms with E-state index in [-0.39, 0.29) is 0 Å². The van der Waals surface area contributed by atoms with Crippen molar-refractivity contribution in [1.82, 2.24) is 0 Å². The van der Waals surface area contributed by atoms with Crippen LogP contribution in [0.15, 0.2) is 121 Å². The van der Waals surface area contributed by atoms with Gasteiger partial charge in [-0.3, -0.25) is 0 Å². The SMILES string of the molecule is C=C(C(=C(C)c1ccc(C(F)(F)F)cc1)c1ccc(F)cc1)P(=O)(c1ccccc1)c1ccccc1. The van der Waals surface area contributed by atoms with Crippen LogP contribution in [-0.2, 0) is 10.7 Å². The lowest BCUT2D eigenvalue weighted by Gasteiger charge is -2.26. The standard InChI is InChI=1S/C30H23F4OP/c1-21(23-13-17-25(18-14-23)30(32,33)34)29(24-15-19-26(31)20-16-24)22(2)36(35,27-9-5-3-6-10-27)28-11-7-4-8-12-28/h3-20H,2H2,1H3. The lowest BCUT2D eigenvalue weighted by Crippen LogP contribution is -2.18. The highest BCUT2D eigenvalue weighted by Crippen LogP contribution is 2.57. The van der Waals surface area contributed by atoms with Crippen molar-refractivity contribution in [3.05, 3.63) is 144 Å². The minimum absolute atomic E-state index is 0.309. The maximum absolute atomic E-state index is 15.0. The van der Waals surface area contributed by atoms with Crippen LogP contribution < -0.4 is 10.6 Å². The summed E-state index contributed by atoms with van der Waals surface area (Å²) in [5, 5.41) is 1.45. The van der Waals surface area contributed by atoms with Crippen LogP contribution in [-0.4, -0.2) is 0 Å². The Kier molecular flexibility index (Phi) is 7.14.